The zero-order valence-corrected chi connectivity index (χ0v) is 6.22. The number of hydrogen-bond donors (Lipinski definition) is 3. The van der Waals surface area contributed by atoms with E-state index in [0.29, 0.717) is 17.7 Å². The van der Waals surface area contributed by atoms with Crippen molar-refractivity contribution in [3.8, 4) is 0 Å². The van der Waals surface area contributed by atoms with E-state index in [9.17, 15) is 4.79 Å². The van der Waals surface area contributed by atoms with E-state index in [1.807, 2.05) is 6.92 Å². The van der Waals surface area contributed by atoms with Crippen molar-refractivity contribution in [3.05, 3.63) is 11.3 Å². The Morgan fingerprint density at radius 1 is 1.73 bits per heavy atom. The Hall–Kier alpha value is -1.52. The molecule has 0 saturated heterocycles. The van der Waals surface area contributed by atoms with Crippen LogP contribution in [0.15, 0.2) is 0 Å². The topological polar surface area (TPSA) is 97.8 Å². The Morgan fingerprint density at radius 3 is 2.73 bits per heavy atom. The van der Waals surface area contributed by atoms with Crippen LogP contribution < -0.4 is 11.5 Å². The molecule has 0 atom stereocenters. The summed E-state index contributed by atoms with van der Waals surface area (Å²) in [5.41, 5.74) is 11.4. The van der Waals surface area contributed by atoms with Crippen molar-refractivity contribution < 1.29 is 4.79 Å². The Kier molecular flexibility index (Phi) is 1.80. The minimum Gasteiger partial charge on any atom is -0.383 e. The first-order valence-electron chi connectivity index (χ1n) is 3.29. The van der Waals surface area contributed by atoms with Gasteiger partial charge < -0.3 is 11.5 Å². The Labute approximate surface area is 63.8 Å². The summed E-state index contributed by atoms with van der Waals surface area (Å²) in [7, 11) is 0. The molecule has 0 aliphatic heterocycles. The molecule has 0 fully saturated rings. The van der Waals surface area contributed by atoms with Gasteiger partial charge >= 0.3 is 0 Å². The van der Waals surface area contributed by atoms with E-state index < -0.39 is 5.91 Å². The van der Waals surface area contributed by atoms with E-state index >= 15 is 0 Å². The number of aromatic amines is 1. The van der Waals surface area contributed by atoms with E-state index in [0.717, 1.165) is 0 Å². The number of nitrogens with two attached hydrogens (primary N) is 2. The van der Waals surface area contributed by atoms with Crippen molar-refractivity contribution in [2.24, 2.45) is 5.73 Å². The molecule has 5 heteroatoms. The third-order valence-electron chi connectivity index (χ3n) is 1.45. The molecule has 0 aromatic carbocycles. The van der Waals surface area contributed by atoms with Gasteiger partial charge in [-0.1, -0.05) is 6.92 Å². The molecule has 0 radical (unpaired) electrons. The molecule has 5 N–H and O–H groups in total. The van der Waals surface area contributed by atoms with E-state index in [4.69, 9.17) is 11.5 Å². The van der Waals surface area contributed by atoms with Crippen LogP contribution in [0.5, 0.6) is 0 Å². The van der Waals surface area contributed by atoms with Crippen molar-refractivity contribution in [3.63, 3.8) is 0 Å². The number of nitrogen functional groups attached to an aromatic ring is 1. The van der Waals surface area contributed by atoms with Crippen LogP contribution in [0, 0.1) is 0 Å². The van der Waals surface area contributed by atoms with Crippen molar-refractivity contribution >= 4 is 11.7 Å². The zero-order valence-electron chi connectivity index (χ0n) is 6.22. The normalized spacial score (nSPS) is 9.91. The number of H-pyrrole nitrogens is 1. The highest BCUT2D eigenvalue weighted by Gasteiger charge is 2.13. The summed E-state index contributed by atoms with van der Waals surface area (Å²) < 4.78 is 0. The summed E-state index contributed by atoms with van der Waals surface area (Å²) in [6.07, 6.45) is 0.645. The number of amides is 1. The number of rotatable bonds is 2. The maximum Gasteiger partial charge on any atom is 0.254 e. The first kappa shape index (κ1) is 7.59. The predicted molar refractivity (Wildman–Crippen MR) is 40.9 cm³/mol. The lowest BCUT2D eigenvalue weighted by Gasteiger charge is -1.93. The van der Waals surface area contributed by atoms with Crippen LogP contribution in [0.4, 0.5) is 5.82 Å². The lowest BCUT2D eigenvalue weighted by atomic mass is 10.2. The van der Waals surface area contributed by atoms with Gasteiger partial charge in [-0.2, -0.15) is 5.10 Å². The van der Waals surface area contributed by atoms with Crippen LogP contribution in [0.3, 0.4) is 0 Å². The standard InChI is InChI=1S/C6H10N4O/c1-2-3-4(6(8)11)5(7)10-9-3/h2H2,1H3,(H2,8,11)(H3,7,9,10). The molecule has 0 spiro atoms. The molecule has 60 valence electrons. The fourth-order valence-corrected chi connectivity index (χ4v) is 0.926. The van der Waals surface area contributed by atoms with Crippen LogP contribution in [0.1, 0.15) is 23.0 Å². The lowest BCUT2D eigenvalue weighted by Crippen LogP contribution is -2.14. The first-order chi connectivity index (χ1) is 5.16. The molecule has 1 rings (SSSR count). The van der Waals surface area contributed by atoms with Gasteiger partial charge in [-0.15, -0.1) is 0 Å². The fourth-order valence-electron chi connectivity index (χ4n) is 0.926. The van der Waals surface area contributed by atoms with Gasteiger partial charge in [0.2, 0.25) is 0 Å². The monoisotopic (exact) mass is 154 g/mol. The molecular formula is C6H10N4O. The van der Waals surface area contributed by atoms with Gasteiger partial charge in [-0.3, -0.25) is 9.89 Å². The number of anilines is 1. The van der Waals surface area contributed by atoms with Crippen LogP contribution in [0.25, 0.3) is 0 Å². The summed E-state index contributed by atoms with van der Waals surface area (Å²) in [6, 6.07) is 0. The molecule has 0 aliphatic rings. The maximum atomic E-state index is 10.7. The first-order valence-corrected chi connectivity index (χ1v) is 3.29. The quantitative estimate of drug-likeness (QED) is 0.543. The summed E-state index contributed by atoms with van der Waals surface area (Å²) in [4.78, 5) is 10.7. The van der Waals surface area contributed by atoms with Crippen LogP contribution in [-0.4, -0.2) is 16.1 Å². The van der Waals surface area contributed by atoms with Crippen LogP contribution >= 0.6 is 0 Å². The molecule has 0 bridgehead atoms. The number of aryl methyl sites for hydroxylation is 1. The fraction of sp³-hybridized carbons (Fsp3) is 0.333. The second-order valence-electron chi connectivity index (χ2n) is 2.18. The van der Waals surface area contributed by atoms with Gasteiger partial charge in [-0.05, 0) is 6.42 Å². The molecule has 11 heavy (non-hydrogen) atoms. The number of nitrogens with one attached hydrogen (secondary N) is 1. The summed E-state index contributed by atoms with van der Waals surface area (Å²) >= 11 is 0. The minimum atomic E-state index is -0.534. The van der Waals surface area contributed by atoms with E-state index in [1.165, 1.54) is 0 Å². The lowest BCUT2D eigenvalue weighted by molar-refractivity contribution is 0.100. The second kappa shape index (κ2) is 2.61. The van der Waals surface area contributed by atoms with E-state index in [1.54, 1.807) is 0 Å². The Bertz CT molecular complexity index is 278. The molecule has 0 unspecified atom stereocenters. The van der Waals surface area contributed by atoms with Gasteiger partial charge in [0.25, 0.3) is 5.91 Å². The summed E-state index contributed by atoms with van der Waals surface area (Å²) in [5.74, 6) is -0.289. The summed E-state index contributed by atoms with van der Waals surface area (Å²) in [6.45, 7) is 1.88. The van der Waals surface area contributed by atoms with Gasteiger partial charge in [0.05, 0.1) is 5.69 Å². The number of carbonyl (C=O) groups is 1. The number of primary amides is 1. The van der Waals surface area contributed by atoms with Crippen molar-refractivity contribution in [1.82, 2.24) is 10.2 Å². The third-order valence-corrected chi connectivity index (χ3v) is 1.45. The summed E-state index contributed by atoms with van der Waals surface area (Å²) in [5, 5.41) is 6.30. The number of aromatic nitrogens is 2. The average molecular weight is 154 g/mol. The molecular weight excluding hydrogens is 144 g/mol. The average Bonchev–Trinajstić information content (AvgIpc) is 2.30. The molecule has 1 amide bonds. The number of hydrogen-bond acceptors (Lipinski definition) is 3. The van der Waals surface area contributed by atoms with Crippen molar-refractivity contribution in [2.45, 2.75) is 13.3 Å². The maximum absolute atomic E-state index is 10.7. The van der Waals surface area contributed by atoms with Crippen LogP contribution in [0.2, 0.25) is 0 Å². The third kappa shape index (κ3) is 1.17. The van der Waals surface area contributed by atoms with Crippen molar-refractivity contribution in [2.75, 3.05) is 5.73 Å². The van der Waals surface area contributed by atoms with Crippen molar-refractivity contribution in [1.29, 1.82) is 0 Å². The molecule has 1 aromatic rings. The van der Waals surface area contributed by atoms with E-state index in [-0.39, 0.29) is 5.82 Å². The number of carbonyl (C=O) groups excluding carboxylic acids is 1. The van der Waals surface area contributed by atoms with Gasteiger partial charge in [0.1, 0.15) is 11.4 Å². The molecule has 1 heterocycles. The smallest absolute Gasteiger partial charge is 0.254 e. The highest BCUT2D eigenvalue weighted by atomic mass is 16.1. The minimum absolute atomic E-state index is 0.245. The second-order valence-corrected chi connectivity index (χ2v) is 2.18. The number of nitrogens with zero attached hydrogens (tertiary/aromatic N) is 1. The van der Waals surface area contributed by atoms with Crippen LogP contribution in [-0.2, 0) is 6.42 Å². The van der Waals surface area contributed by atoms with E-state index in [2.05, 4.69) is 10.2 Å². The highest BCUT2D eigenvalue weighted by Crippen LogP contribution is 2.12. The highest BCUT2D eigenvalue weighted by molar-refractivity contribution is 5.98. The molecule has 0 aliphatic carbocycles. The van der Waals surface area contributed by atoms with Gasteiger partial charge in [-0.25, -0.2) is 0 Å². The molecule has 5 nitrogen and oxygen atoms in total. The predicted octanol–water partition coefficient (Wildman–Crippen LogP) is -0.347. The molecule has 1 aromatic heterocycles. The zero-order chi connectivity index (χ0) is 8.43. The van der Waals surface area contributed by atoms with Gasteiger partial charge in [0, 0.05) is 0 Å². The van der Waals surface area contributed by atoms with Gasteiger partial charge in [0.15, 0.2) is 0 Å². The molecule has 0 saturated carbocycles. The largest absolute Gasteiger partial charge is 0.383 e. The SMILES string of the molecule is CCc1n[nH]c(N)c1C(N)=O. The Morgan fingerprint density at radius 2 is 2.36 bits per heavy atom. The Balaban J connectivity index is 3.17.